The lowest BCUT2D eigenvalue weighted by Crippen LogP contribution is -2.62. The number of methoxy groups -OCH3 is 1. The molecule has 1 fully saturated rings. The minimum absolute atomic E-state index is 0.228. The first-order valence-corrected chi connectivity index (χ1v) is 9.79. The minimum atomic E-state index is -0.630. The zero-order valence-electron chi connectivity index (χ0n) is 17.4. The number of fused-ring (bicyclic) bond motifs is 3. The largest absolute Gasteiger partial charge is 0.493 e. The fourth-order valence-electron chi connectivity index (χ4n) is 3.89. The van der Waals surface area contributed by atoms with Crippen LogP contribution in [0.1, 0.15) is 32.0 Å². The highest BCUT2D eigenvalue weighted by Gasteiger charge is 2.53. The number of aryl methyl sites for hydroxylation is 1. The zero-order chi connectivity index (χ0) is 20.9. The molecule has 0 aliphatic carbocycles. The van der Waals surface area contributed by atoms with E-state index in [1.54, 1.807) is 14.2 Å². The highest BCUT2D eigenvalue weighted by Crippen LogP contribution is 2.33. The molecule has 0 N–H and O–H groups in total. The molecule has 1 atom stereocenters. The number of aromatic nitrogens is 2. The van der Waals surface area contributed by atoms with Crippen molar-refractivity contribution in [1.29, 1.82) is 0 Å². The Kier molecular flexibility index (Phi) is 4.64. The Morgan fingerprint density at radius 2 is 1.97 bits per heavy atom. The van der Waals surface area contributed by atoms with Crippen LogP contribution in [0, 0.1) is 12.8 Å². The predicted molar refractivity (Wildman–Crippen MR) is 108 cm³/mol. The molecule has 29 heavy (non-hydrogen) atoms. The van der Waals surface area contributed by atoms with E-state index in [1.165, 1.54) is 9.80 Å². The molecule has 1 aromatic carbocycles. The van der Waals surface area contributed by atoms with Gasteiger partial charge in [0.1, 0.15) is 17.6 Å². The van der Waals surface area contributed by atoms with Gasteiger partial charge in [-0.3, -0.25) is 14.6 Å². The molecule has 0 radical (unpaired) electrons. The Balaban J connectivity index is 1.80. The Hall–Kier alpha value is -3.16. The molecule has 4 rings (SSSR count). The summed E-state index contributed by atoms with van der Waals surface area (Å²) in [6, 6.07) is 6.71. The summed E-state index contributed by atoms with van der Waals surface area (Å²) in [5, 5.41) is 0. The van der Waals surface area contributed by atoms with Crippen LogP contribution in [0.4, 0.5) is 10.7 Å². The summed E-state index contributed by atoms with van der Waals surface area (Å²) in [6.45, 7) is 6.53. The molecule has 2 aliphatic heterocycles. The van der Waals surface area contributed by atoms with Gasteiger partial charge in [-0.25, -0.2) is 9.36 Å². The number of imidazole rings is 1. The molecule has 8 heteroatoms. The molecule has 2 aromatic rings. The maximum Gasteiger partial charge on any atom is 0.407 e. The summed E-state index contributed by atoms with van der Waals surface area (Å²) in [5.74, 6) is 1.94. The molecular formula is C21H26N5O3+. The average molecular weight is 396 g/mol. The van der Waals surface area contributed by atoms with Gasteiger partial charge < -0.3 is 4.74 Å². The Morgan fingerprint density at radius 3 is 2.66 bits per heavy atom. The van der Waals surface area contributed by atoms with Gasteiger partial charge in [-0.1, -0.05) is 31.0 Å². The van der Waals surface area contributed by atoms with Crippen molar-refractivity contribution in [2.75, 3.05) is 20.7 Å². The normalized spacial score (nSPS) is 18.3. The summed E-state index contributed by atoms with van der Waals surface area (Å²) in [7, 11) is 3.30. The van der Waals surface area contributed by atoms with Gasteiger partial charge in [0.05, 0.1) is 7.11 Å². The van der Waals surface area contributed by atoms with Gasteiger partial charge in [0.15, 0.2) is 5.75 Å². The van der Waals surface area contributed by atoms with Crippen LogP contribution in [-0.4, -0.2) is 52.8 Å². The van der Waals surface area contributed by atoms with Crippen LogP contribution in [-0.2, 0) is 4.79 Å². The van der Waals surface area contributed by atoms with Crippen LogP contribution in [0.5, 0.6) is 5.75 Å². The number of benzene rings is 1. The third-order valence-corrected chi connectivity index (χ3v) is 5.46. The van der Waals surface area contributed by atoms with E-state index in [0.29, 0.717) is 30.0 Å². The van der Waals surface area contributed by atoms with Crippen molar-refractivity contribution >= 4 is 23.7 Å². The number of amides is 3. The van der Waals surface area contributed by atoms with E-state index in [0.717, 1.165) is 17.8 Å². The molecule has 0 spiro atoms. The zero-order valence-corrected chi connectivity index (χ0v) is 17.4. The first kappa shape index (κ1) is 19.2. The fourth-order valence-corrected chi connectivity index (χ4v) is 3.89. The third kappa shape index (κ3) is 2.90. The highest BCUT2D eigenvalue weighted by molar-refractivity contribution is 6.19. The van der Waals surface area contributed by atoms with Gasteiger partial charge in [-0.15, -0.1) is 0 Å². The SMILES string of the molecule is COc1ccccc1-n1c(C)c[n+]2c1N=C1C2C(=O)N(CCC(C)C)C(=O)N1C. The highest BCUT2D eigenvalue weighted by atomic mass is 16.5. The number of hydrogen-bond acceptors (Lipinski definition) is 4. The number of likely N-dealkylation sites (N-methyl/N-ethyl adjacent to an activating group) is 1. The van der Waals surface area contributed by atoms with Crippen molar-refractivity contribution in [2.45, 2.75) is 33.2 Å². The average Bonchev–Trinajstić information content (AvgIpc) is 3.20. The lowest BCUT2D eigenvalue weighted by molar-refractivity contribution is -0.676. The number of ether oxygens (including phenoxy) is 1. The van der Waals surface area contributed by atoms with Crippen LogP contribution in [0.15, 0.2) is 35.5 Å². The summed E-state index contributed by atoms with van der Waals surface area (Å²) >= 11 is 0. The smallest absolute Gasteiger partial charge is 0.407 e. The topological polar surface area (TPSA) is 71.0 Å². The van der Waals surface area contributed by atoms with Crippen molar-refractivity contribution in [3.8, 4) is 11.4 Å². The number of para-hydroxylation sites is 2. The molecule has 0 saturated carbocycles. The summed E-state index contributed by atoms with van der Waals surface area (Å²) in [6.07, 6.45) is 2.67. The van der Waals surface area contributed by atoms with Gasteiger partial charge in [0, 0.05) is 13.6 Å². The number of amidine groups is 1. The second-order valence-electron chi connectivity index (χ2n) is 7.87. The molecule has 1 aromatic heterocycles. The second kappa shape index (κ2) is 7.02. The van der Waals surface area contributed by atoms with E-state index >= 15 is 0 Å². The summed E-state index contributed by atoms with van der Waals surface area (Å²) in [5.41, 5.74) is 1.76. The van der Waals surface area contributed by atoms with Crippen LogP contribution >= 0.6 is 0 Å². The van der Waals surface area contributed by atoms with Gasteiger partial charge in [-0.2, -0.15) is 4.57 Å². The van der Waals surface area contributed by atoms with Gasteiger partial charge in [0.25, 0.3) is 5.91 Å². The maximum absolute atomic E-state index is 13.3. The minimum Gasteiger partial charge on any atom is -0.493 e. The van der Waals surface area contributed by atoms with E-state index < -0.39 is 6.04 Å². The molecule has 152 valence electrons. The van der Waals surface area contributed by atoms with Crippen molar-refractivity contribution in [1.82, 2.24) is 14.4 Å². The Labute approximate surface area is 170 Å². The number of aliphatic imine (C=N–C) groups is 1. The molecule has 2 aliphatic rings. The lowest BCUT2D eigenvalue weighted by Gasteiger charge is -2.33. The number of hydrogen-bond donors (Lipinski definition) is 0. The van der Waals surface area contributed by atoms with E-state index in [1.807, 2.05) is 46.5 Å². The molecule has 8 nitrogen and oxygen atoms in total. The van der Waals surface area contributed by atoms with Gasteiger partial charge >= 0.3 is 12.0 Å². The third-order valence-electron chi connectivity index (χ3n) is 5.46. The van der Waals surface area contributed by atoms with Crippen molar-refractivity contribution in [2.24, 2.45) is 10.9 Å². The van der Waals surface area contributed by atoms with Gasteiger partial charge in [-0.05, 0) is 31.4 Å². The number of nitrogens with zero attached hydrogens (tertiary/aromatic N) is 5. The summed E-state index contributed by atoms with van der Waals surface area (Å²) < 4.78 is 9.32. The molecule has 0 bridgehead atoms. The second-order valence-corrected chi connectivity index (χ2v) is 7.87. The molecular weight excluding hydrogens is 370 g/mol. The van der Waals surface area contributed by atoms with Crippen LogP contribution in [0.2, 0.25) is 0 Å². The first-order valence-electron chi connectivity index (χ1n) is 9.79. The number of imide groups is 1. The van der Waals surface area contributed by atoms with Crippen LogP contribution < -0.4 is 9.30 Å². The van der Waals surface area contributed by atoms with Crippen molar-refractivity contribution < 1.29 is 18.9 Å². The van der Waals surface area contributed by atoms with Gasteiger partial charge in [0.2, 0.25) is 11.9 Å². The number of carbonyl (C=O) groups excluding carboxylic acids is 2. The molecule has 3 amide bonds. The number of rotatable bonds is 5. The van der Waals surface area contributed by atoms with E-state index in [-0.39, 0.29) is 11.9 Å². The van der Waals surface area contributed by atoms with E-state index in [4.69, 9.17) is 9.73 Å². The fraction of sp³-hybridized carbons (Fsp3) is 0.429. The maximum atomic E-state index is 13.3. The Bertz CT molecular complexity index is 1020. The molecule has 3 heterocycles. The summed E-state index contributed by atoms with van der Waals surface area (Å²) in [4.78, 5) is 33.6. The number of urea groups is 1. The monoisotopic (exact) mass is 396 g/mol. The standard InChI is InChI=1S/C21H26N5O3/c1-13(2)10-11-24-19(27)17-18(23(4)21(24)28)22-20-25(17)12-14(3)26(20)15-8-6-7-9-16(15)29-5/h6-9,12-13,17H,10-11H2,1-5H3/q+1. The Morgan fingerprint density at radius 1 is 1.24 bits per heavy atom. The van der Waals surface area contributed by atoms with Crippen LogP contribution in [0.3, 0.4) is 0 Å². The predicted octanol–water partition coefficient (Wildman–Crippen LogP) is 2.61. The van der Waals surface area contributed by atoms with E-state index in [2.05, 4.69) is 13.8 Å². The van der Waals surface area contributed by atoms with Crippen LogP contribution in [0.25, 0.3) is 5.69 Å². The first-order chi connectivity index (χ1) is 13.8. The number of carbonyl (C=O) groups is 2. The quantitative estimate of drug-likeness (QED) is 0.730. The van der Waals surface area contributed by atoms with Crippen molar-refractivity contribution in [3.05, 3.63) is 36.2 Å². The molecule has 1 saturated heterocycles. The van der Waals surface area contributed by atoms with E-state index in [9.17, 15) is 9.59 Å². The lowest BCUT2D eigenvalue weighted by atomic mass is 10.1. The molecule has 1 unspecified atom stereocenters. The van der Waals surface area contributed by atoms with Crippen molar-refractivity contribution in [3.63, 3.8) is 0 Å².